The fourth-order valence-electron chi connectivity index (χ4n) is 3.49. The second kappa shape index (κ2) is 7.71. The summed E-state index contributed by atoms with van der Waals surface area (Å²) in [6.45, 7) is 7.02. The van der Waals surface area contributed by atoms with E-state index in [9.17, 15) is 4.79 Å². The molecule has 2 aromatic rings. The SMILES string of the molecule is CCc1nsc(N2CCN(C(=O)c3ccn(C4CCCNC4)n3)CC2)n1. The number of aromatic nitrogens is 4. The second-order valence-corrected chi connectivity index (χ2v) is 7.54. The lowest BCUT2D eigenvalue weighted by molar-refractivity contribution is 0.0739. The summed E-state index contributed by atoms with van der Waals surface area (Å²) in [7, 11) is 0. The number of carbonyl (C=O) groups is 1. The molecule has 0 aliphatic carbocycles. The molecule has 4 heterocycles. The van der Waals surface area contributed by atoms with Crippen LogP contribution in [0.3, 0.4) is 0 Å². The minimum absolute atomic E-state index is 0.0266. The van der Waals surface area contributed by atoms with E-state index in [0.717, 1.165) is 56.4 Å². The van der Waals surface area contributed by atoms with Gasteiger partial charge in [0, 0.05) is 56.9 Å². The van der Waals surface area contributed by atoms with Gasteiger partial charge in [0.1, 0.15) is 11.5 Å². The maximum absolute atomic E-state index is 12.8. The summed E-state index contributed by atoms with van der Waals surface area (Å²) < 4.78 is 6.30. The summed E-state index contributed by atoms with van der Waals surface area (Å²) in [5.41, 5.74) is 0.549. The van der Waals surface area contributed by atoms with Crippen molar-refractivity contribution >= 4 is 22.6 Å². The number of amides is 1. The van der Waals surface area contributed by atoms with Crippen molar-refractivity contribution in [3.63, 3.8) is 0 Å². The van der Waals surface area contributed by atoms with Gasteiger partial charge >= 0.3 is 0 Å². The van der Waals surface area contributed by atoms with Gasteiger partial charge in [-0.1, -0.05) is 6.92 Å². The number of aryl methyl sites for hydroxylation is 1. The maximum Gasteiger partial charge on any atom is 0.274 e. The molecular weight excluding hydrogens is 350 g/mol. The van der Waals surface area contributed by atoms with Crippen LogP contribution in [0.2, 0.25) is 0 Å². The van der Waals surface area contributed by atoms with Crippen molar-refractivity contribution in [2.45, 2.75) is 32.2 Å². The van der Waals surface area contributed by atoms with Crippen molar-refractivity contribution in [1.82, 2.24) is 29.4 Å². The molecule has 2 saturated heterocycles. The average molecular weight is 376 g/mol. The van der Waals surface area contributed by atoms with Crippen molar-refractivity contribution in [2.24, 2.45) is 0 Å². The van der Waals surface area contributed by atoms with Gasteiger partial charge in [0.05, 0.1) is 6.04 Å². The zero-order chi connectivity index (χ0) is 17.9. The molecule has 1 N–H and O–H groups in total. The monoisotopic (exact) mass is 375 g/mol. The van der Waals surface area contributed by atoms with Crippen molar-refractivity contribution in [3.8, 4) is 0 Å². The highest BCUT2D eigenvalue weighted by molar-refractivity contribution is 7.09. The number of carbonyl (C=O) groups excluding carboxylic acids is 1. The second-order valence-electron chi connectivity index (χ2n) is 6.81. The fourth-order valence-corrected chi connectivity index (χ4v) is 4.30. The Bertz CT molecular complexity index is 744. The number of nitrogens with one attached hydrogen (secondary N) is 1. The van der Waals surface area contributed by atoms with Crippen molar-refractivity contribution in [1.29, 1.82) is 0 Å². The van der Waals surface area contributed by atoms with Crippen LogP contribution in [0.1, 0.15) is 42.1 Å². The molecule has 140 valence electrons. The van der Waals surface area contributed by atoms with Gasteiger partial charge in [-0.2, -0.15) is 9.47 Å². The van der Waals surface area contributed by atoms with Crippen LogP contribution in [0.25, 0.3) is 0 Å². The van der Waals surface area contributed by atoms with Gasteiger partial charge in [-0.3, -0.25) is 9.48 Å². The number of anilines is 1. The van der Waals surface area contributed by atoms with Gasteiger partial charge in [0.15, 0.2) is 0 Å². The Balaban J connectivity index is 1.35. The molecule has 8 nitrogen and oxygen atoms in total. The van der Waals surface area contributed by atoms with E-state index < -0.39 is 0 Å². The highest BCUT2D eigenvalue weighted by atomic mass is 32.1. The third kappa shape index (κ3) is 3.59. The fraction of sp³-hybridized carbons (Fsp3) is 0.647. The highest BCUT2D eigenvalue weighted by Crippen LogP contribution is 2.20. The van der Waals surface area contributed by atoms with Crippen molar-refractivity contribution in [2.75, 3.05) is 44.2 Å². The molecule has 0 aromatic carbocycles. The van der Waals surface area contributed by atoms with Crippen LogP contribution in [0, 0.1) is 0 Å². The van der Waals surface area contributed by atoms with Crippen molar-refractivity contribution < 1.29 is 4.79 Å². The van der Waals surface area contributed by atoms with E-state index in [1.165, 1.54) is 11.5 Å². The molecule has 2 aromatic heterocycles. The summed E-state index contributed by atoms with van der Waals surface area (Å²) in [6, 6.07) is 2.20. The van der Waals surface area contributed by atoms with E-state index in [2.05, 4.69) is 31.6 Å². The van der Waals surface area contributed by atoms with Gasteiger partial charge in [0.25, 0.3) is 5.91 Å². The summed E-state index contributed by atoms with van der Waals surface area (Å²) in [6.07, 6.45) is 5.06. The zero-order valence-electron chi connectivity index (χ0n) is 15.1. The summed E-state index contributed by atoms with van der Waals surface area (Å²) in [4.78, 5) is 21.4. The first-order valence-electron chi connectivity index (χ1n) is 9.37. The maximum atomic E-state index is 12.8. The molecule has 1 atom stereocenters. The highest BCUT2D eigenvalue weighted by Gasteiger charge is 2.26. The quantitative estimate of drug-likeness (QED) is 0.865. The number of piperidine rings is 1. The molecule has 2 aliphatic heterocycles. The lowest BCUT2D eigenvalue weighted by Crippen LogP contribution is -2.49. The van der Waals surface area contributed by atoms with Gasteiger partial charge in [-0.25, -0.2) is 4.98 Å². The predicted molar refractivity (Wildman–Crippen MR) is 101 cm³/mol. The van der Waals surface area contributed by atoms with E-state index in [1.54, 1.807) is 0 Å². The molecule has 1 amide bonds. The Morgan fingerprint density at radius 3 is 2.88 bits per heavy atom. The molecule has 2 fully saturated rings. The van der Waals surface area contributed by atoms with Crippen LogP contribution in [0.4, 0.5) is 5.13 Å². The number of hydrogen-bond donors (Lipinski definition) is 1. The first-order valence-corrected chi connectivity index (χ1v) is 10.1. The molecule has 0 bridgehead atoms. The lowest BCUT2D eigenvalue weighted by atomic mass is 10.1. The Kier molecular flexibility index (Phi) is 5.16. The Morgan fingerprint density at radius 1 is 1.35 bits per heavy atom. The Labute approximate surface area is 157 Å². The first-order chi connectivity index (χ1) is 12.7. The van der Waals surface area contributed by atoms with E-state index in [0.29, 0.717) is 24.8 Å². The van der Waals surface area contributed by atoms with Crippen LogP contribution in [0.5, 0.6) is 0 Å². The molecule has 0 spiro atoms. The molecule has 26 heavy (non-hydrogen) atoms. The van der Waals surface area contributed by atoms with E-state index >= 15 is 0 Å². The van der Waals surface area contributed by atoms with E-state index in [-0.39, 0.29) is 5.91 Å². The number of piperazine rings is 1. The van der Waals surface area contributed by atoms with Crippen LogP contribution < -0.4 is 10.2 Å². The minimum atomic E-state index is 0.0266. The Morgan fingerprint density at radius 2 is 2.19 bits per heavy atom. The van der Waals surface area contributed by atoms with Gasteiger partial charge in [-0.15, -0.1) is 0 Å². The molecule has 0 radical (unpaired) electrons. The smallest absolute Gasteiger partial charge is 0.274 e. The largest absolute Gasteiger partial charge is 0.343 e. The lowest BCUT2D eigenvalue weighted by Gasteiger charge is -2.34. The standard InChI is InChI=1S/C17H25N7OS/c1-2-15-19-17(26-21-15)23-10-8-22(9-11-23)16(25)14-5-7-24(20-14)13-4-3-6-18-12-13/h5,7,13,18H,2-4,6,8-12H2,1H3. The summed E-state index contributed by atoms with van der Waals surface area (Å²) in [5, 5.41) is 8.90. The molecule has 9 heteroatoms. The first kappa shape index (κ1) is 17.4. The van der Waals surface area contributed by atoms with Crippen molar-refractivity contribution in [3.05, 3.63) is 23.8 Å². The van der Waals surface area contributed by atoms with Crippen LogP contribution in [-0.2, 0) is 6.42 Å². The molecule has 4 rings (SSSR count). The van der Waals surface area contributed by atoms with Crippen LogP contribution in [0.15, 0.2) is 12.3 Å². The number of nitrogens with zero attached hydrogens (tertiary/aromatic N) is 6. The molecule has 2 aliphatic rings. The van der Waals surface area contributed by atoms with Crippen LogP contribution in [-0.4, -0.2) is 69.2 Å². The predicted octanol–water partition coefficient (Wildman–Crippen LogP) is 1.18. The molecule has 0 saturated carbocycles. The van der Waals surface area contributed by atoms with Gasteiger partial charge in [-0.05, 0) is 25.5 Å². The summed E-state index contributed by atoms with van der Waals surface area (Å²) in [5.74, 6) is 0.921. The third-order valence-corrected chi connectivity index (χ3v) is 5.90. The van der Waals surface area contributed by atoms with E-state index in [4.69, 9.17) is 0 Å². The van der Waals surface area contributed by atoms with Gasteiger partial charge in [0.2, 0.25) is 5.13 Å². The number of rotatable bonds is 4. The van der Waals surface area contributed by atoms with Gasteiger partial charge < -0.3 is 15.1 Å². The topological polar surface area (TPSA) is 79.2 Å². The zero-order valence-corrected chi connectivity index (χ0v) is 15.9. The summed E-state index contributed by atoms with van der Waals surface area (Å²) >= 11 is 1.45. The average Bonchev–Trinajstić information content (AvgIpc) is 3.38. The van der Waals surface area contributed by atoms with E-state index in [1.807, 2.05) is 21.8 Å². The third-order valence-electron chi connectivity index (χ3n) is 5.08. The van der Waals surface area contributed by atoms with Crippen LogP contribution >= 0.6 is 11.5 Å². The molecule has 1 unspecified atom stereocenters. The normalized spacial score (nSPS) is 21.2. The number of hydrogen-bond acceptors (Lipinski definition) is 7. The molecular formula is C17H25N7OS. The minimum Gasteiger partial charge on any atom is -0.343 e. The Hall–Kier alpha value is -2.00.